The van der Waals surface area contributed by atoms with Gasteiger partial charge in [0.15, 0.2) is 0 Å². The largest absolute Gasteiger partial charge is 0.478 e. The molecule has 3 aromatic rings. The molecule has 2 aromatic carbocycles. The number of nitrogens with zero attached hydrogens (tertiary/aromatic N) is 2. The van der Waals surface area contributed by atoms with Crippen molar-refractivity contribution in [1.29, 1.82) is 0 Å². The summed E-state index contributed by atoms with van der Waals surface area (Å²) in [5.74, 6) is -2.38. The molecule has 0 atom stereocenters. The van der Waals surface area contributed by atoms with Gasteiger partial charge in [-0.15, -0.1) is 0 Å². The molecule has 110 valence electrons. The number of benzene rings is 2. The Morgan fingerprint density at radius 3 is 2.45 bits per heavy atom. The van der Waals surface area contributed by atoms with Crippen LogP contribution in [0.25, 0.3) is 16.8 Å². The molecule has 0 aliphatic heterocycles. The van der Waals surface area contributed by atoms with Crippen molar-refractivity contribution in [2.45, 2.75) is 0 Å². The van der Waals surface area contributed by atoms with Gasteiger partial charge < -0.3 is 5.11 Å². The Kier molecular flexibility index (Phi) is 3.42. The summed E-state index contributed by atoms with van der Waals surface area (Å²) in [4.78, 5) is 11.0. The highest BCUT2D eigenvalue weighted by molar-refractivity contribution is 5.88. The van der Waals surface area contributed by atoms with E-state index < -0.39 is 17.6 Å². The molecule has 0 fully saturated rings. The van der Waals surface area contributed by atoms with Crippen LogP contribution in [-0.2, 0) is 0 Å². The lowest BCUT2D eigenvalue weighted by Crippen LogP contribution is -1.99. The summed E-state index contributed by atoms with van der Waals surface area (Å²) in [5, 5.41) is 13.1. The van der Waals surface area contributed by atoms with Crippen molar-refractivity contribution in [2.24, 2.45) is 0 Å². The zero-order valence-electron chi connectivity index (χ0n) is 11.2. The molecule has 0 saturated heterocycles. The van der Waals surface area contributed by atoms with Crippen molar-refractivity contribution in [1.82, 2.24) is 9.78 Å². The number of aromatic nitrogens is 2. The molecule has 4 nitrogen and oxygen atoms in total. The molecule has 1 heterocycles. The molecule has 0 amide bonds. The third-order valence-corrected chi connectivity index (χ3v) is 3.14. The summed E-state index contributed by atoms with van der Waals surface area (Å²) in [7, 11) is 0. The second-order valence-electron chi connectivity index (χ2n) is 4.69. The van der Waals surface area contributed by atoms with Crippen LogP contribution < -0.4 is 0 Å². The van der Waals surface area contributed by atoms with Crippen LogP contribution in [0.2, 0.25) is 0 Å². The highest BCUT2D eigenvalue weighted by Crippen LogP contribution is 2.22. The molecule has 0 bridgehead atoms. The molecule has 0 aliphatic rings. The molecule has 0 radical (unpaired) electrons. The van der Waals surface area contributed by atoms with E-state index in [4.69, 9.17) is 5.11 Å². The molecule has 0 spiro atoms. The molecular formula is C16H10F2N2O2. The average Bonchev–Trinajstić information content (AvgIpc) is 2.96. The van der Waals surface area contributed by atoms with Crippen LogP contribution in [0.5, 0.6) is 0 Å². The fraction of sp³-hybridized carbons (Fsp3) is 0. The number of carboxylic acids is 1. The van der Waals surface area contributed by atoms with Crippen LogP contribution in [0.3, 0.4) is 0 Å². The topological polar surface area (TPSA) is 55.1 Å². The fourth-order valence-corrected chi connectivity index (χ4v) is 2.12. The van der Waals surface area contributed by atoms with E-state index in [1.807, 2.05) is 0 Å². The first-order valence-corrected chi connectivity index (χ1v) is 6.38. The Morgan fingerprint density at radius 1 is 1.05 bits per heavy atom. The van der Waals surface area contributed by atoms with Crippen LogP contribution >= 0.6 is 0 Å². The van der Waals surface area contributed by atoms with Crippen molar-refractivity contribution in [3.63, 3.8) is 0 Å². The van der Waals surface area contributed by atoms with E-state index in [2.05, 4.69) is 5.10 Å². The SMILES string of the molecule is O=C(O)c1cccc(-n2cc(-c3cc(F)cc(F)c3)cn2)c1. The third kappa shape index (κ3) is 2.71. The lowest BCUT2D eigenvalue weighted by molar-refractivity contribution is 0.0697. The highest BCUT2D eigenvalue weighted by Gasteiger charge is 2.08. The van der Waals surface area contributed by atoms with E-state index in [-0.39, 0.29) is 5.56 Å². The summed E-state index contributed by atoms with van der Waals surface area (Å²) in [6, 6.07) is 9.43. The molecular weight excluding hydrogens is 290 g/mol. The van der Waals surface area contributed by atoms with Gasteiger partial charge in [0.25, 0.3) is 0 Å². The Balaban J connectivity index is 2.00. The summed E-state index contributed by atoms with van der Waals surface area (Å²) < 4.78 is 28.0. The monoisotopic (exact) mass is 300 g/mol. The van der Waals surface area contributed by atoms with E-state index >= 15 is 0 Å². The molecule has 3 rings (SSSR count). The maximum atomic E-state index is 13.3. The molecule has 1 aromatic heterocycles. The van der Waals surface area contributed by atoms with Crippen LogP contribution in [0.4, 0.5) is 8.78 Å². The standard InChI is InChI=1S/C16H10F2N2O2/c17-13-4-11(5-14(18)7-13)12-8-19-20(9-12)15-3-1-2-10(6-15)16(21)22/h1-9H,(H,21,22). The van der Waals surface area contributed by atoms with Crippen molar-refractivity contribution in [3.05, 3.63) is 72.1 Å². The molecule has 0 saturated carbocycles. The minimum atomic E-state index is -1.04. The first-order chi connectivity index (χ1) is 10.5. The number of hydrogen-bond donors (Lipinski definition) is 1. The molecule has 0 aliphatic carbocycles. The Labute approximate surface area is 124 Å². The second kappa shape index (κ2) is 5.40. The zero-order valence-corrected chi connectivity index (χ0v) is 11.2. The normalized spacial score (nSPS) is 10.6. The van der Waals surface area contributed by atoms with Crippen molar-refractivity contribution < 1.29 is 18.7 Å². The Bertz CT molecular complexity index is 839. The molecule has 0 unspecified atom stereocenters. The number of carboxylic acid groups (broad SMARTS) is 1. The van der Waals surface area contributed by atoms with E-state index in [0.717, 1.165) is 6.07 Å². The molecule has 6 heteroatoms. The van der Waals surface area contributed by atoms with Gasteiger partial charge in [0.2, 0.25) is 0 Å². The lowest BCUT2D eigenvalue weighted by Gasteiger charge is -2.02. The van der Waals surface area contributed by atoms with Crippen LogP contribution in [0.15, 0.2) is 54.9 Å². The Hall–Kier alpha value is -3.02. The van der Waals surface area contributed by atoms with E-state index in [1.165, 1.54) is 35.1 Å². The van der Waals surface area contributed by atoms with Gasteiger partial charge in [0.05, 0.1) is 17.4 Å². The minimum absolute atomic E-state index is 0.131. The van der Waals surface area contributed by atoms with Gasteiger partial charge in [0, 0.05) is 17.8 Å². The minimum Gasteiger partial charge on any atom is -0.478 e. The summed E-state index contributed by atoms with van der Waals surface area (Å²) >= 11 is 0. The van der Waals surface area contributed by atoms with Crippen LogP contribution in [-0.4, -0.2) is 20.9 Å². The Morgan fingerprint density at radius 2 is 1.77 bits per heavy atom. The smallest absolute Gasteiger partial charge is 0.335 e. The van der Waals surface area contributed by atoms with Gasteiger partial charge >= 0.3 is 5.97 Å². The average molecular weight is 300 g/mol. The number of halogens is 2. The number of rotatable bonds is 3. The van der Waals surface area contributed by atoms with Gasteiger partial charge in [-0.1, -0.05) is 6.07 Å². The first kappa shape index (κ1) is 13.9. The maximum absolute atomic E-state index is 13.3. The van der Waals surface area contributed by atoms with Gasteiger partial charge in [-0.3, -0.25) is 0 Å². The van der Waals surface area contributed by atoms with Gasteiger partial charge in [0.1, 0.15) is 11.6 Å². The lowest BCUT2D eigenvalue weighted by atomic mass is 10.1. The first-order valence-electron chi connectivity index (χ1n) is 6.38. The predicted octanol–water partition coefficient (Wildman–Crippen LogP) is 3.52. The quantitative estimate of drug-likeness (QED) is 0.805. The number of hydrogen-bond acceptors (Lipinski definition) is 2. The van der Waals surface area contributed by atoms with Crippen LogP contribution in [0, 0.1) is 11.6 Å². The third-order valence-electron chi connectivity index (χ3n) is 3.14. The van der Waals surface area contributed by atoms with Crippen molar-refractivity contribution in [3.8, 4) is 16.8 Å². The predicted molar refractivity (Wildman–Crippen MR) is 75.9 cm³/mol. The summed E-state index contributed by atoms with van der Waals surface area (Å²) in [6.45, 7) is 0. The van der Waals surface area contributed by atoms with E-state index in [9.17, 15) is 13.6 Å². The molecule has 1 N–H and O–H groups in total. The highest BCUT2D eigenvalue weighted by atomic mass is 19.1. The number of aromatic carboxylic acids is 1. The van der Waals surface area contributed by atoms with E-state index in [0.29, 0.717) is 16.8 Å². The fourth-order valence-electron chi connectivity index (χ4n) is 2.12. The van der Waals surface area contributed by atoms with E-state index in [1.54, 1.807) is 18.3 Å². The second-order valence-corrected chi connectivity index (χ2v) is 4.69. The summed E-state index contributed by atoms with van der Waals surface area (Å²) in [5.41, 5.74) is 1.56. The van der Waals surface area contributed by atoms with Gasteiger partial charge in [-0.2, -0.15) is 5.10 Å². The zero-order chi connectivity index (χ0) is 15.7. The van der Waals surface area contributed by atoms with Crippen molar-refractivity contribution in [2.75, 3.05) is 0 Å². The van der Waals surface area contributed by atoms with Crippen molar-refractivity contribution >= 4 is 5.97 Å². The van der Waals surface area contributed by atoms with Gasteiger partial charge in [-0.25, -0.2) is 18.3 Å². The van der Waals surface area contributed by atoms with Crippen LogP contribution in [0.1, 0.15) is 10.4 Å². The molecule has 22 heavy (non-hydrogen) atoms. The maximum Gasteiger partial charge on any atom is 0.335 e. The summed E-state index contributed by atoms with van der Waals surface area (Å²) in [6.07, 6.45) is 3.04. The number of carbonyl (C=O) groups is 1. The van der Waals surface area contributed by atoms with Gasteiger partial charge in [-0.05, 0) is 35.9 Å².